The Bertz CT molecular complexity index is 945. The maximum Gasteiger partial charge on any atom is 0.407 e. The van der Waals surface area contributed by atoms with E-state index in [1.165, 1.54) is 11.1 Å². The van der Waals surface area contributed by atoms with E-state index in [9.17, 15) is 14.4 Å². The Morgan fingerprint density at radius 1 is 0.879 bits per heavy atom. The van der Waals surface area contributed by atoms with E-state index in [2.05, 4.69) is 34.9 Å². The second-order valence-corrected chi connectivity index (χ2v) is 8.66. The predicted molar refractivity (Wildman–Crippen MR) is 126 cm³/mol. The molecule has 0 heterocycles. The Morgan fingerprint density at radius 2 is 1.45 bits per heavy atom. The third-order valence-corrected chi connectivity index (χ3v) is 5.95. The van der Waals surface area contributed by atoms with Crippen LogP contribution in [0.15, 0.2) is 48.5 Å². The van der Waals surface area contributed by atoms with Crippen LogP contribution in [0.2, 0.25) is 0 Å². The molecule has 3 N–H and O–H groups in total. The van der Waals surface area contributed by atoms with Crippen molar-refractivity contribution in [1.29, 1.82) is 0 Å². The van der Waals surface area contributed by atoms with Crippen molar-refractivity contribution in [1.82, 2.24) is 10.6 Å². The highest BCUT2D eigenvalue weighted by Crippen LogP contribution is 2.44. The molecule has 0 radical (unpaired) electrons. The van der Waals surface area contributed by atoms with Crippen molar-refractivity contribution >= 4 is 18.0 Å². The number of aliphatic carboxylic acids is 1. The minimum absolute atomic E-state index is 0.00634. The minimum atomic E-state index is -0.832. The van der Waals surface area contributed by atoms with Crippen LogP contribution in [0.1, 0.15) is 63.0 Å². The highest BCUT2D eigenvalue weighted by atomic mass is 16.5. The number of alkyl carbamates (subject to hydrolysis) is 1. The van der Waals surface area contributed by atoms with Crippen LogP contribution in [-0.4, -0.2) is 41.8 Å². The molecular weight excluding hydrogens is 420 g/mol. The Kier molecular flexibility index (Phi) is 8.46. The monoisotopic (exact) mass is 452 g/mol. The lowest BCUT2D eigenvalue weighted by atomic mass is 9.98. The number of benzene rings is 2. The molecule has 0 spiro atoms. The Morgan fingerprint density at radius 3 is 2.06 bits per heavy atom. The number of amides is 2. The first kappa shape index (κ1) is 24.3. The topological polar surface area (TPSA) is 105 Å². The van der Waals surface area contributed by atoms with E-state index in [1.807, 2.05) is 38.1 Å². The fourth-order valence-electron chi connectivity index (χ4n) is 4.24. The highest BCUT2D eigenvalue weighted by molar-refractivity contribution is 5.79. The zero-order valence-corrected chi connectivity index (χ0v) is 19.2. The van der Waals surface area contributed by atoms with E-state index in [4.69, 9.17) is 9.84 Å². The van der Waals surface area contributed by atoms with Crippen molar-refractivity contribution in [3.63, 3.8) is 0 Å². The number of ether oxygens (including phenoxy) is 1. The SMILES string of the molecule is CC(CCCC(=O)O)NC(=O)CCC(C)NC(=O)OCC1c2ccccc2-c2ccccc21. The summed E-state index contributed by atoms with van der Waals surface area (Å²) >= 11 is 0. The predicted octanol–water partition coefficient (Wildman–Crippen LogP) is 4.45. The first-order valence-corrected chi connectivity index (χ1v) is 11.5. The van der Waals surface area contributed by atoms with Gasteiger partial charge < -0.3 is 20.5 Å². The Labute approximate surface area is 194 Å². The molecule has 2 unspecified atom stereocenters. The zero-order valence-electron chi connectivity index (χ0n) is 19.2. The van der Waals surface area contributed by atoms with Crippen LogP contribution >= 0.6 is 0 Å². The molecule has 1 aliphatic rings. The van der Waals surface area contributed by atoms with Crippen LogP contribution in [0.4, 0.5) is 4.79 Å². The fraction of sp³-hybridized carbons (Fsp3) is 0.423. The van der Waals surface area contributed by atoms with Gasteiger partial charge in [0.1, 0.15) is 6.61 Å². The minimum Gasteiger partial charge on any atom is -0.481 e. The van der Waals surface area contributed by atoms with Gasteiger partial charge in [0.25, 0.3) is 0 Å². The second-order valence-electron chi connectivity index (χ2n) is 8.66. The number of hydrogen-bond acceptors (Lipinski definition) is 4. The number of fused-ring (bicyclic) bond motifs is 3. The van der Waals surface area contributed by atoms with E-state index in [0.29, 0.717) is 19.3 Å². The van der Waals surface area contributed by atoms with Gasteiger partial charge in [-0.1, -0.05) is 48.5 Å². The van der Waals surface area contributed by atoms with E-state index in [1.54, 1.807) is 0 Å². The molecule has 2 amide bonds. The first-order valence-electron chi connectivity index (χ1n) is 11.5. The van der Waals surface area contributed by atoms with Crippen molar-refractivity contribution in [2.45, 2.75) is 64.0 Å². The van der Waals surface area contributed by atoms with Crippen LogP contribution in [-0.2, 0) is 14.3 Å². The molecule has 7 heteroatoms. The number of rotatable bonds is 11. The second kappa shape index (κ2) is 11.5. The average Bonchev–Trinajstić information content (AvgIpc) is 3.10. The van der Waals surface area contributed by atoms with E-state index >= 15 is 0 Å². The van der Waals surface area contributed by atoms with E-state index in [-0.39, 0.29) is 43.4 Å². The van der Waals surface area contributed by atoms with Crippen LogP contribution in [0.3, 0.4) is 0 Å². The molecule has 33 heavy (non-hydrogen) atoms. The van der Waals surface area contributed by atoms with Gasteiger partial charge in [0.2, 0.25) is 5.91 Å². The van der Waals surface area contributed by atoms with Gasteiger partial charge in [-0.3, -0.25) is 9.59 Å². The first-order chi connectivity index (χ1) is 15.8. The molecule has 2 atom stereocenters. The smallest absolute Gasteiger partial charge is 0.407 e. The molecule has 7 nitrogen and oxygen atoms in total. The van der Waals surface area contributed by atoms with Gasteiger partial charge in [-0.05, 0) is 55.4 Å². The summed E-state index contributed by atoms with van der Waals surface area (Å²) < 4.78 is 5.55. The highest BCUT2D eigenvalue weighted by Gasteiger charge is 2.29. The van der Waals surface area contributed by atoms with Crippen LogP contribution in [0.25, 0.3) is 11.1 Å². The maximum atomic E-state index is 12.3. The summed E-state index contributed by atoms with van der Waals surface area (Å²) in [5, 5.41) is 14.3. The van der Waals surface area contributed by atoms with Gasteiger partial charge in [0, 0.05) is 30.8 Å². The quantitative estimate of drug-likeness (QED) is 0.467. The molecule has 0 saturated carbocycles. The summed E-state index contributed by atoms with van der Waals surface area (Å²) in [5.74, 6) is -0.937. The van der Waals surface area contributed by atoms with Crippen molar-refractivity contribution < 1.29 is 24.2 Å². The normalized spacial score (nSPS) is 14.0. The van der Waals surface area contributed by atoms with Crippen molar-refractivity contribution in [2.24, 2.45) is 0 Å². The van der Waals surface area contributed by atoms with Gasteiger partial charge in [-0.15, -0.1) is 0 Å². The molecule has 2 aromatic rings. The molecule has 1 aliphatic carbocycles. The summed E-state index contributed by atoms with van der Waals surface area (Å²) in [6.07, 6.45) is 1.50. The lowest BCUT2D eigenvalue weighted by Crippen LogP contribution is -2.36. The van der Waals surface area contributed by atoms with Crippen molar-refractivity contribution in [3.8, 4) is 11.1 Å². The zero-order chi connectivity index (χ0) is 23.8. The average molecular weight is 453 g/mol. The summed E-state index contributed by atoms with van der Waals surface area (Å²) in [6.45, 7) is 3.95. The van der Waals surface area contributed by atoms with Gasteiger partial charge in [-0.2, -0.15) is 0 Å². The molecule has 0 saturated heterocycles. The lowest BCUT2D eigenvalue weighted by molar-refractivity contribution is -0.137. The Balaban J connectivity index is 1.40. The lowest BCUT2D eigenvalue weighted by Gasteiger charge is -2.18. The molecule has 0 bridgehead atoms. The largest absolute Gasteiger partial charge is 0.481 e. The third-order valence-electron chi connectivity index (χ3n) is 5.95. The summed E-state index contributed by atoms with van der Waals surface area (Å²) in [4.78, 5) is 35.0. The number of carbonyl (C=O) groups is 3. The maximum absolute atomic E-state index is 12.3. The van der Waals surface area contributed by atoms with Gasteiger partial charge in [0.05, 0.1) is 0 Å². The summed E-state index contributed by atoms with van der Waals surface area (Å²) in [7, 11) is 0. The van der Waals surface area contributed by atoms with Crippen molar-refractivity contribution in [2.75, 3.05) is 6.61 Å². The summed E-state index contributed by atoms with van der Waals surface area (Å²) in [6, 6.07) is 16.1. The fourth-order valence-corrected chi connectivity index (χ4v) is 4.24. The number of carboxylic acids is 1. The van der Waals surface area contributed by atoms with Crippen LogP contribution in [0, 0.1) is 0 Å². The third kappa shape index (κ3) is 6.81. The van der Waals surface area contributed by atoms with Crippen LogP contribution < -0.4 is 10.6 Å². The molecule has 0 fully saturated rings. The number of nitrogens with one attached hydrogen (secondary N) is 2. The molecule has 176 valence electrons. The number of carboxylic acid groups (broad SMARTS) is 1. The van der Waals surface area contributed by atoms with Crippen molar-refractivity contribution in [3.05, 3.63) is 59.7 Å². The summed E-state index contributed by atoms with van der Waals surface area (Å²) in [5.41, 5.74) is 4.68. The Hall–Kier alpha value is -3.35. The standard InChI is InChI=1S/C26H32N2O5/c1-17(8-7-13-25(30)31)27-24(29)15-14-18(2)28-26(32)33-16-23-21-11-5-3-9-19(21)20-10-4-6-12-22(20)23/h3-6,9-12,17-18,23H,7-8,13-16H2,1-2H3,(H,27,29)(H,28,32)(H,30,31). The molecule has 3 rings (SSSR count). The molecule has 2 aromatic carbocycles. The molecule has 0 aliphatic heterocycles. The van der Waals surface area contributed by atoms with Gasteiger partial charge >= 0.3 is 12.1 Å². The molecular formula is C26H32N2O5. The molecule has 0 aromatic heterocycles. The number of hydrogen-bond donors (Lipinski definition) is 3. The van der Waals surface area contributed by atoms with E-state index in [0.717, 1.165) is 11.1 Å². The van der Waals surface area contributed by atoms with Crippen LogP contribution in [0.5, 0.6) is 0 Å². The van der Waals surface area contributed by atoms with E-state index < -0.39 is 12.1 Å². The van der Waals surface area contributed by atoms with Gasteiger partial charge in [-0.25, -0.2) is 4.79 Å². The number of carbonyl (C=O) groups excluding carboxylic acids is 2. The van der Waals surface area contributed by atoms with Gasteiger partial charge in [0.15, 0.2) is 0 Å².